The summed E-state index contributed by atoms with van der Waals surface area (Å²) in [5, 5.41) is 7.06. The van der Waals surface area contributed by atoms with Crippen LogP contribution < -0.4 is 0 Å². The monoisotopic (exact) mass is 342 g/mol. The van der Waals surface area contributed by atoms with E-state index in [2.05, 4.69) is 10.1 Å². The number of nitrogens with zero attached hydrogens (tertiary/aromatic N) is 4. The number of carbonyl (C=O) groups is 1. The van der Waals surface area contributed by atoms with Gasteiger partial charge in [-0.05, 0) is 31.0 Å². The summed E-state index contributed by atoms with van der Waals surface area (Å²) in [7, 11) is 0. The maximum absolute atomic E-state index is 12.6. The lowest BCUT2D eigenvalue weighted by Gasteiger charge is -2.32. The normalized spacial score (nSPS) is 18.0. The first-order chi connectivity index (χ1) is 11.8. The van der Waals surface area contributed by atoms with E-state index >= 15 is 0 Å². The molecule has 0 aromatic carbocycles. The van der Waals surface area contributed by atoms with Gasteiger partial charge in [0.1, 0.15) is 0 Å². The number of piperidine rings is 1. The fourth-order valence-corrected chi connectivity index (χ4v) is 3.85. The summed E-state index contributed by atoms with van der Waals surface area (Å²) >= 11 is 1.50. The van der Waals surface area contributed by atoms with Crippen LogP contribution >= 0.6 is 11.3 Å². The molecule has 0 saturated carbocycles. The number of hydrogen-bond donors (Lipinski definition) is 0. The first-order valence-corrected chi connectivity index (χ1v) is 8.93. The van der Waals surface area contributed by atoms with E-state index in [0.717, 1.165) is 42.4 Å². The molecule has 7 heteroatoms. The first-order valence-electron chi connectivity index (χ1n) is 8.05. The van der Waals surface area contributed by atoms with E-state index in [9.17, 15) is 4.79 Å². The topological polar surface area (TPSA) is 64.2 Å². The molecule has 6 nitrogen and oxygen atoms in total. The van der Waals surface area contributed by atoms with Gasteiger partial charge in [-0.2, -0.15) is 5.10 Å². The summed E-state index contributed by atoms with van der Waals surface area (Å²) < 4.78 is 7.31. The molecule has 124 valence electrons. The van der Waals surface area contributed by atoms with Gasteiger partial charge in [0.2, 0.25) is 5.91 Å². The minimum Gasteiger partial charge on any atom is -0.462 e. The number of thiazole rings is 1. The molecule has 1 aliphatic heterocycles. The Kier molecular flexibility index (Phi) is 4.17. The van der Waals surface area contributed by atoms with Crippen LogP contribution in [0.15, 0.2) is 46.7 Å². The third-order valence-corrected chi connectivity index (χ3v) is 5.17. The summed E-state index contributed by atoms with van der Waals surface area (Å²) in [5.41, 5.74) is 0.803. The van der Waals surface area contributed by atoms with Crippen molar-refractivity contribution < 1.29 is 9.21 Å². The van der Waals surface area contributed by atoms with Crippen LogP contribution in [0.5, 0.6) is 0 Å². The Morgan fingerprint density at radius 3 is 3.17 bits per heavy atom. The highest BCUT2D eigenvalue weighted by Crippen LogP contribution is 2.25. The smallest absolute Gasteiger partial charge is 0.228 e. The van der Waals surface area contributed by atoms with E-state index in [1.165, 1.54) is 11.3 Å². The molecule has 4 heterocycles. The van der Waals surface area contributed by atoms with Gasteiger partial charge >= 0.3 is 0 Å². The number of furan rings is 1. The molecule has 1 atom stereocenters. The van der Waals surface area contributed by atoms with E-state index in [1.54, 1.807) is 12.5 Å². The molecule has 0 aliphatic carbocycles. The molecule has 0 bridgehead atoms. The summed E-state index contributed by atoms with van der Waals surface area (Å²) in [6, 6.07) is 5.91. The molecule has 0 N–H and O–H groups in total. The summed E-state index contributed by atoms with van der Waals surface area (Å²) in [6.07, 6.45) is 7.78. The van der Waals surface area contributed by atoms with Crippen LogP contribution in [0.4, 0.5) is 0 Å². The molecule has 3 aromatic rings. The molecule has 24 heavy (non-hydrogen) atoms. The summed E-state index contributed by atoms with van der Waals surface area (Å²) in [5.74, 6) is 0.874. The predicted octanol–water partition coefficient (Wildman–Crippen LogP) is 3.01. The van der Waals surface area contributed by atoms with Crippen molar-refractivity contribution in [2.45, 2.75) is 25.3 Å². The largest absolute Gasteiger partial charge is 0.462 e. The zero-order valence-corrected chi connectivity index (χ0v) is 14.0. The average molecular weight is 342 g/mol. The lowest BCUT2D eigenvalue weighted by Crippen LogP contribution is -2.41. The number of rotatable bonds is 4. The molecule has 1 amide bonds. The van der Waals surface area contributed by atoms with Crippen molar-refractivity contribution in [2.75, 3.05) is 13.1 Å². The van der Waals surface area contributed by atoms with Crippen molar-refractivity contribution in [3.8, 4) is 10.8 Å². The van der Waals surface area contributed by atoms with Gasteiger partial charge < -0.3 is 9.32 Å². The molecular formula is C17H18N4O2S. The Morgan fingerprint density at radius 2 is 2.38 bits per heavy atom. The lowest BCUT2D eigenvalue weighted by molar-refractivity contribution is -0.132. The molecule has 4 rings (SSSR count). The molecule has 0 unspecified atom stereocenters. The quantitative estimate of drug-likeness (QED) is 0.731. The maximum Gasteiger partial charge on any atom is 0.228 e. The van der Waals surface area contributed by atoms with Crippen molar-refractivity contribution >= 4 is 17.2 Å². The molecule has 0 radical (unpaired) electrons. The van der Waals surface area contributed by atoms with Crippen LogP contribution in [-0.4, -0.2) is 38.7 Å². The van der Waals surface area contributed by atoms with E-state index in [0.29, 0.717) is 6.42 Å². The van der Waals surface area contributed by atoms with Crippen molar-refractivity contribution in [2.24, 2.45) is 0 Å². The highest BCUT2D eigenvalue weighted by Gasteiger charge is 2.25. The third-order valence-electron chi connectivity index (χ3n) is 4.26. The Bertz CT molecular complexity index is 795. The summed E-state index contributed by atoms with van der Waals surface area (Å²) in [4.78, 5) is 19.1. The van der Waals surface area contributed by atoms with Gasteiger partial charge in [0.25, 0.3) is 0 Å². The zero-order chi connectivity index (χ0) is 16.4. The predicted molar refractivity (Wildman–Crippen MR) is 90.6 cm³/mol. The van der Waals surface area contributed by atoms with Crippen molar-refractivity contribution in [1.82, 2.24) is 19.7 Å². The van der Waals surface area contributed by atoms with Crippen LogP contribution in [0, 0.1) is 0 Å². The minimum absolute atomic E-state index is 0.128. The van der Waals surface area contributed by atoms with E-state index in [4.69, 9.17) is 4.42 Å². The zero-order valence-electron chi connectivity index (χ0n) is 13.2. The number of likely N-dealkylation sites (tertiary alicyclic amines) is 1. The number of hydrogen-bond acceptors (Lipinski definition) is 5. The SMILES string of the molecule is O=C(Cc1csc(-c2ccco2)n1)N1CCC[C@@H](n2cccn2)C1. The van der Waals surface area contributed by atoms with E-state index < -0.39 is 0 Å². The van der Waals surface area contributed by atoms with Gasteiger partial charge in [0.05, 0.1) is 24.4 Å². The minimum atomic E-state index is 0.128. The van der Waals surface area contributed by atoms with Gasteiger partial charge in [-0.1, -0.05) is 0 Å². The highest BCUT2D eigenvalue weighted by atomic mass is 32.1. The maximum atomic E-state index is 12.6. The van der Waals surface area contributed by atoms with Gasteiger partial charge in [0, 0.05) is 30.9 Å². The fraction of sp³-hybridized carbons (Fsp3) is 0.353. The van der Waals surface area contributed by atoms with Crippen LogP contribution in [-0.2, 0) is 11.2 Å². The van der Waals surface area contributed by atoms with Crippen LogP contribution in [0.3, 0.4) is 0 Å². The summed E-state index contributed by atoms with van der Waals surface area (Å²) in [6.45, 7) is 1.53. The van der Waals surface area contributed by atoms with E-state index in [1.807, 2.05) is 39.4 Å². The van der Waals surface area contributed by atoms with E-state index in [-0.39, 0.29) is 11.9 Å². The number of amides is 1. The third kappa shape index (κ3) is 3.12. The second-order valence-electron chi connectivity index (χ2n) is 5.92. The molecule has 1 fully saturated rings. The van der Waals surface area contributed by atoms with Crippen molar-refractivity contribution in [3.05, 3.63) is 47.9 Å². The van der Waals surface area contributed by atoms with Crippen molar-refractivity contribution in [3.63, 3.8) is 0 Å². The van der Waals surface area contributed by atoms with Crippen LogP contribution in [0.25, 0.3) is 10.8 Å². The Labute approximate surface area is 143 Å². The standard InChI is InChI=1S/C17H18N4O2S/c22-16(10-13-12-24-17(19-13)15-5-2-9-23-15)20-7-1-4-14(11-20)21-8-3-6-18-21/h2-3,5-6,8-9,12,14H,1,4,7,10-11H2/t14-/m1/s1. The highest BCUT2D eigenvalue weighted by molar-refractivity contribution is 7.13. The molecule has 1 saturated heterocycles. The average Bonchev–Trinajstić information content (AvgIpc) is 3.36. The van der Waals surface area contributed by atoms with Crippen molar-refractivity contribution in [1.29, 1.82) is 0 Å². The Balaban J connectivity index is 1.41. The number of aromatic nitrogens is 3. The molecule has 1 aliphatic rings. The Morgan fingerprint density at radius 1 is 1.42 bits per heavy atom. The Hall–Kier alpha value is -2.41. The second kappa shape index (κ2) is 6.60. The van der Waals surface area contributed by atoms with Gasteiger partial charge in [-0.3, -0.25) is 9.48 Å². The van der Waals surface area contributed by atoms with Gasteiger partial charge in [-0.25, -0.2) is 4.98 Å². The molecule has 0 spiro atoms. The second-order valence-corrected chi connectivity index (χ2v) is 6.78. The first kappa shape index (κ1) is 15.1. The lowest BCUT2D eigenvalue weighted by atomic mass is 10.1. The molecule has 3 aromatic heterocycles. The fourth-order valence-electron chi connectivity index (χ4n) is 3.06. The van der Waals surface area contributed by atoms with Gasteiger partial charge in [-0.15, -0.1) is 11.3 Å². The van der Waals surface area contributed by atoms with Crippen LogP contribution in [0.1, 0.15) is 24.6 Å². The van der Waals surface area contributed by atoms with Crippen LogP contribution in [0.2, 0.25) is 0 Å². The number of carbonyl (C=O) groups excluding carboxylic acids is 1. The molecular weight excluding hydrogens is 324 g/mol. The van der Waals surface area contributed by atoms with Gasteiger partial charge in [0.15, 0.2) is 10.8 Å².